The molecule has 0 saturated carbocycles. The number of halogens is 1. The van der Waals surface area contributed by atoms with Crippen molar-refractivity contribution >= 4 is 15.9 Å². The summed E-state index contributed by atoms with van der Waals surface area (Å²) in [5.74, 6) is -0.816. The van der Waals surface area contributed by atoms with Gasteiger partial charge in [0.05, 0.1) is 17.8 Å². The van der Waals surface area contributed by atoms with Crippen molar-refractivity contribution < 1.29 is 22.3 Å². The highest BCUT2D eigenvalue weighted by Gasteiger charge is 2.25. The van der Waals surface area contributed by atoms with Crippen molar-refractivity contribution in [1.29, 1.82) is 0 Å². The number of nitrogens with zero attached hydrogens (tertiary/aromatic N) is 1. The number of ether oxygens (including phenoxy) is 1. The molecule has 9 heteroatoms. The molecule has 2 atom stereocenters. The van der Waals surface area contributed by atoms with E-state index in [0.29, 0.717) is 12.4 Å². The minimum Gasteiger partial charge on any atom is -0.487 e. The summed E-state index contributed by atoms with van der Waals surface area (Å²) in [5, 5.41) is 2.76. The molecule has 0 bridgehead atoms. The molecule has 2 aromatic carbocycles. The SMILES string of the molecule is CC(NC(=O)[C@H](C)NS(=O)(=O)c1ccccc1F)c1cccc(OCc2ccccn2)c1. The number of benzene rings is 2. The number of sulfonamides is 1. The molecule has 0 saturated heterocycles. The third-order valence-corrected chi connectivity index (χ3v) is 6.26. The lowest BCUT2D eigenvalue weighted by Crippen LogP contribution is -2.45. The maximum Gasteiger partial charge on any atom is 0.244 e. The van der Waals surface area contributed by atoms with Gasteiger partial charge in [0.15, 0.2) is 0 Å². The fourth-order valence-corrected chi connectivity index (χ4v) is 4.23. The zero-order valence-electron chi connectivity index (χ0n) is 17.7. The van der Waals surface area contributed by atoms with Crippen LogP contribution in [0.1, 0.15) is 31.1 Å². The van der Waals surface area contributed by atoms with Gasteiger partial charge in [0, 0.05) is 6.20 Å². The highest BCUT2D eigenvalue weighted by Crippen LogP contribution is 2.20. The quantitative estimate of drug-likeness (QED) is 0.514. The first-order valence-corrected chi connectivity index (χ1v) is 11.4. The van der Waals surface area contributed by atoms with Gasteiger partial charge < -0.3 is 10.1 Å². The molecule has 0 radical (unpaired) electrons. The first-order valence-electron chi connectivity index (χ1n) is 9.96. The normalized spacial score (nSPS) is 13.2. The minimum absolute atomic E-state index is 0.305. The third-order valence-electron chi connectivity index (χ3n) is 4.68. The summed E-state index contributed by atoms with van der Waals surface area (Å²) in [6.45, 7) is 3.47. The summed E-state index contributed by atoms with van der Waals surface area (Å²) < 4.78 is 46.6. The Morgan fingerprint density at radius 2 is 1.81 bits per heavy atom. The molecule has 1 amide bonds. The van der Waals surface area contributed by atoms with E-state index in [1.54, 1.807) is 31.3 Å². The van der Waals surface area contributed by atoms with Gasteiger partial charge in [-0.2, -0.15) is 4.72 Å². The fourth-order valence-electron chi connectivity index (χ4n) is 2.95. The molecule has 2 N–H and O–H groups in total. The van der Waals surface area contributed by atoms with Crippen LogP contribution in [-0.2, 0) is 21.4 Å². The fraction of sp³-hybridized carbons (Fsp3) is 0.217. The second kappa shape index (κ2) is 10.3. The Labute approximate surface area is 186 Å². The van der Waals surface area contributed by atoms with Crippen molar-refractivity contribution in [3.63, 3.8) is 0 Å². The van der Waals surface area contributed by atoms with Gasteiger partial charge in [-0.05, 0) is 55.8 Å². The topological polar surface area (TPSA) is 97.4 Å². The lowest BCUT2D eigenvalue weighted by atomic mass is 10.1. The van der Waals surface area contributed by atoms with Crippen LogP contribution in [0.25, 0.3) is 0 Å². The maximum absolute atomic E-state index is 13.8. The average molecular weight is 458 g/mol. The van der Waals surface area contributed by atoms with Crippen LogP contribution in [0.5, 0.6) is 5.75 Å². The van der Waals surface area contributed by atoms with E-state index in [-0.39, 0.29) is 0 Å². The van der Waals surface area contributed by atoms with Crippen LogP contribution in [0.2, 0.25) is 0 Å². The predicted molar refractivity (Wildman–Crippen MR) is 118 cm³/mol. The Morgan fingerprint density at radius 1 is 1.06 bits per heavy atom. The van der Waals surface area contributed by atoms with E-state index in [1.807, 2.05) is 24.3 Å². The summed E-state index contributed by atoms with van der Waals surface area (Å²) in [4.78, 5) is 16.2. The Kier molecular flexibility index (Phi) is 7.55. The van der Waals surface area contributed by atoms with Gasteiger partial charge in [-0.3, -0.25) is 9.78 Å². The predicted octanol–water partition coefficient (Wildman–Crippen LogP) is 3.34. The number of pyridine rings is 1. The summed E-state index contributed by atoms with van der Waals surface area (Å²) in [5.41, 5.74) is 1.57. The molecule has 32 heavy (non-hydrogen) atoms. The molecule has 0 aliphatic heterocycles. The Bertz CT molecular complexity index is 1170. The number of hydrogen-bond donors (Lipinski definition) is 2. The molecule has 1 unspecified atom stereocenters. The van der Waals surface area contributed by atoms with Crippen molar-refractivity contribution in [2.24, 2.45) is 0 Å². The van der Waals surface area contributed by atoms with Gasteiger partial charge in [-0.1, -0.05) is 30.3 Å². The van der Waals surface area contributed by atoms with Gasteiger partial charge in [0.25, 0.3) is 0 Å². The largest absolute Gasteiger partial charge is 0.487 e. The Hall–Kier alpha value is -3.30. The van der Waals surface area contributed by atoms with Gasteiger partial charge >= 0.3 is 0 Å². The molecular formula is C23H24FN3O4S. The molecule has 0 aliphatic rings. The van der Waals surface area contributed by atoms with E-state index in [9.17, 15) is 17.6 Å². The molecule has 0 spiro atoms. The highest BCUT2D eigenvalue weighted by molar-refractivity contribution is 7.89. The molecular weight excluding hydrogens is 433 g/mol. The van der Waals surface area contributed by atoms with E-state index in [4.69, 9.17) is 4.74 Å². The maximum atomic E-state index is 13.8. The Balaban J connectivity index is 1.60. The summed E-state index contributed by atoms with van der Waals surface area (Å²) >= 11 is 0. The van der Waals surface area contributed by atoms with E-state index >= 15 is 0 Å². The van der Waals surface area contributed by atoms with Gasteiger partial charge in [0.1, 0.15) is 23.1 Å². The van der Waals surface area contributed by atoms with E-state index in [1.165, 1.54) is 19.1 Å². The molecule has 0 fully saturated rings. The van der Waals surface area contributed by atoms with Gasteiger partial charge in [0.2, 0.25) is 15.9 Å². The smallest absolute Gasteiger partial charge is 0.244 e. The molecule has 3 aromatic rings. The first-order chi connectivity index (χ1) is 15.3. The van der Waals surface area contributed by atoms with Crippen molar-refractivity contribution in [1.82, 2.24) is 15.0 Å². The second-order valence-corrected chi connectivity index (χ2v) is 8.87. The van der Waals surface area contributed by atoms with E-state index < -0.39 is 38.7 Å². The van der Waals surface area contributed by atoms with Crippen LogP contribution in [-0.4, -0.2) is 25.4 Å². The van der Waals surface area contributed by atoms with E-state index in [0.717, 1.165) is 23.4 Å². The molecule has 0 aliphatic carbocycles. The molecule has 3 rings (SSSR count). The first kappa shape index (κ1) is 23.4. The number of hydrogen-bond acceptors (Lipinski definition) is 5. The molecule has 1 heterocycles. The number of aromatic nitrogens is 1. The van der Waals surface area contributed by atoms with Crippen molar-refractivity contribution in [3.8, 4) is 5.75 Å². The standard InChI is InChI=1S/C23H24FN3O4S/c1-16(18-8-7-10-20(14-18)31-15-19-9-5-6-13-25-19)26-23(28)17(2)27-32(29,30)22-12-4-3-11-21(22)24/h3-14,16-17,27H,15H2,1-2H3,(H,26,28)/t16?,17-/m0/s1. The Morgan fingerprint density at radius 3 is 2.53 bits per heavy atom. The molecule has 168 valence electrons. The van der Waals surface area contributed by atoms with Crippen molar-refractivity contribution in [3.05, 3.63) is 90.0 Å². The average Bonchev–Trinajstić information content (AvgIpc) is 2.78. The van der Waals surface area contributed by atoms with Crippen LogP contribution in [0.4, 0.5) is 4.39 Å². The van der Waals surface area contributed by atoms with Gasteiger partial charge in [-0.25, -0.2) is 12.8 Å². The summed E-state index contributed by atoms with van der Waals surface area (Å²) in [7, 11) is -4.19. The van der Waals surface area contributed by atoms with E-state index in [2.05, 4.69) is 15.0 Å². The number of amides is 1. The number of carbonyl (C=O) groups is 1. The zero-order valence-corrected chi connectivity index (χ0v) is 18.5. The van der Waals surface area contributed by atoms with Gasteiger partial charge in [-0.15, -0.1) is 0 Å². The van der Waals surface area contributed by atoms with Crippen molar-refractivity contribution in [2.75, 3.05) is 0 Å². The van der Waals surface area contributed by atoms with Crippen molar-refractivity contribution in [2.45, 2.75) is 37.4 Å². The summed E-state index contributed by atoms with van der Waals surface area (Å²) in [6.07, 6.45) is 1.69. The van der Waals surface area contributed by atoms with Crippen LogP contribution in [0.15, 0.2) is 77.8 Å². The molecule has 7 nitrogen and oxygen atoms in total. The zero-order chi connectivity index (χ0) is 23.1. The number of rotatable bonds is 9. The summed E-state index contributed by atoms with van der Waals surface area (Å²) in [6, 6.07) is 16.2. The lowest BCUT2D eigenvalue weighted by Gasteiger charge is -2.19. The third kappa shape index (κ3) is 6.12. The van der Waals surface area contributed by atoms with Crippen LogP contribution in [0.3, 0.4) is 0 Å². The molecule has 1 aromatic heterocycles. The second-order valence-electron chi connectivity index (χ2n) is 7.19. The monoisotopic (exact) mass is 457 g/mol. The highest BCUT2D eigenvalue weighted by atomic mass is 32.2. The minimum atomic E-state index is -4.19. The number of carbonyl (C=O) groups excluding carboxylic acids is 1. The lowest BCUT2D eigenvalue weighted by molar-refractivity contribution is -0.123. The van der Waals surface area contributed by atoms with Crippen LogP contribution >= 0.6 is 0 Å². The van der Waals surface area contributed by atoms with Crippen LogP contribution in [0, 0.1) is 5.82 Å². The number of nitrogens with one attached hydrogen (secondary N) is 2. The van der Waals surface area contributed by atoms with Crippen LogP contribution < -0.4 is 14.8 Å².